The lowest BCUT2D eigenvalue weighted by atomic mass is 9.90. The zero-order valence-electron chi connectivity index (χ0n) is 12.8. The third-order valence-electron chi connectivity index (χ3n) is 3.06. The van der Waals surface area contributed by atoms with E-state index in [9.17, 15) is 5.11 Å². The molecule has 21 heavy (non-hydrogen) atoms. The first kappa shape index (κ1) is 15.5. The highest BCUT2D eigenvalue weighted by Gasteiger charge is 2.28. The highest BCUT2D eigenvalue weighted by Crippen LogP contribution is 2.24. The summed E-state index contributed by atoms with van der Waals surface area (Å²) in [7, 11) is -1.56. The SMILES string of the molecule is C[Si](C)(C)C#C[C@@](O)(Cc1ccccn1)c1ccccc1. The third kappa shape index (κ3) is 4.56. The normalized spacial score (nSPS) is 13.9. The summed E-state index contributed by atoms with van der Waals surface area (Å²) < 4.78 is 0. The van der Waals surface area contributed by atoms with Crippen molar-refractivity contribution < 1.29 is 5.11 Å². The molecule has 0 radical (unpaired) electrons. The van der Waals surface area contributed by atoms with E-state index < -0.39 is 13.7 Å². The molecule has 0 aliphatic rings. The van der Waals surface area contributed by atoms with Gasteiger partial charge in [0.1, 0.15) is 8.07 Å². The Balaban J connectivity index is 2.41. The van der Waals surface area contributed by atoms with Crippen LogP contribution in [0.4, 0.5) is 0 Å². The van der Waals surface area contributed by atoms with Crippen LogP contribution in [0.2, 0.25) is 19.6 Å². The van der Waals surface area contributed by atoms with Crippen molar-refractivity contribution in [3.05, 3.63) is 66.0 Å². The van der Waals surface area contributed by atoms with E-state index in [0.29, 0.717) is 6.42 Å². The van der Waals surface area contributed by atoms with Gasteiger partial charge in [-0.1, -0.05) is 62.0 Å². The minimum Gasteiger partial charge on any atom is -0.373 e. The summed E-state index contributed by atoms with van der Waals surface area (Å²) in [6, 6.07) is 15.4. The molecule has 0 saturated carbocycles. The van der Waals surface area contributed by atoms with E-state index in [1.807, 2.05) is 48.5 Å². The molecule has 2 nitrogen and oxygen atoms in total. The lowest BCUT2D eigenvalue weighted by Crippen LogP contribution is -2.29. The van der Waals surface area contributed by atoms with Crippen LogP contribution in [0.5, 0.6) is 0 Å². The molecule has 1 aromatic heterocycles. The molecule has 0 aliphatic carbocycles. The molecule has 2 rings (SSSR count). The lowest BCUT2D eigenvalue weighted by molar-refractivity contribution is 0.0996. The Labute approximate surface area is 127 Å². The van der Waals surface area contributed by atoms with Gasteiger partial charge in [-0.2, -0.15) is 0 Å². The molecular formula is C18H21NOSi. The van der Waals surface area contributed by atoms with Gasteiger partial charge in [0.15, 0.2) is 5.60 Å². The van der Waals surface area contributed by atoms with Gasteiger partial charge >= 0.3 is 0 Å². The van der Waals surface area contributed by atoms with Gasteiger partial charge in [-0.25, -0.2) is 0 Å². The molecule has 1 aromatic carbocycles. The first-order chi connectivity index (χ1) is 9.89. The largest absolute Gasteiger partial charge is 0.373 e. The van der Waals surface area contributed by atoms with Crippen molar-refractivity contribution in [1.82, 2.24) is 4.98 Å². The summed E-state index contributed by atoms with van der Waals surface area (Å²) in [5.41, 5.74) is 3.77. The van der Waals surface area contributed by atoms with Gasteiger partial charge < -0.3 is 5.11 Å². The van der Waals surface area contributed by atoms with Crippen LogP contribution in [0.1, 0.15) is 11.3 Å². The number of aliphatic hydroxyl groups is 1. The minimum atomic E-state index is -1.56. The number of pyridine rings is 1. The molecule has 1 heterocycles. The Morgan fingerprint density at radius 1 is 1.05 bits per heavy atom. The average Bonchev–Trinajstić information content (AvgIpc) is 2.47. The quantitative estimate of drug-likeness (QED) is 0.695. The molecule has 1 N–H and O–H groups in total. The predicted molar refractivity (Wildman–Crippen MR) is 89.4 cm³/mol. The number of hydrogen-bond acceptors (Lipinski definition) is 2. The monoisotopic (exact) mass is 295 g/mol. The van der Waals surface area contributed by atoms with Gasteiger partial charge in [0.25, 0.3) is 0 Å². The van der Waals surface area contributed by atoms with Crippen LogP contribution in [0.25, 0.3) is 0 Å². The molecule has 0 unspecified atom stereocenters. The lowest BCUT2D eigenvalue weighted by Gasteiger charge is -2.23. The fourth-order valence-electron chi connectivity index (χ4n) is 1.99. The molecule has 0 aliphatic heterocycles. The molecule has 3 heteroatoms. The Kier molecular flexibility index (Phi) is 4.61. The van der Waals surface area contributed by atoms with E-state index in [-0.39, 0.29) is 0 Å². The second kappa shape index (κ2) is 6.25. The number of rotatable bonds is 3. The second-order valence-corrected chi connectivity index (χ2v) is 11.0. The number of hydrogen-bond donors (Lipinski definition) is 1. The van der Waals surface area contributed by atoms with Crippen molar-refractivity contribution >= 4 is 8.07 Å². The fourth-order valence-corrected chi connectivity index (χ4v) is 2.57. The van der Waals surface area contributed by atoms with Crippen molar-refractivity contribution in [2.24, 2.45) is 0 Å². The number of nitrogens with zero attached hydrogens (tertiary/aromatic N) is 1. The van der Waals surface area contributed by atoms with Gasteiger partial charge in [0.05, 0.1) is 0 Å². The molecule has 0 saturated heterocycles. The van der Waals surface area contributed by atoms with Crippen molar-refractivity contribution in [1.29, 1.82) is 0 Å². The van der Waals surface area contributed by atoms with E-state index in [4.69, 9.17) is 0 Å². The molecule has 2 aromatic rings. The molecule has 0 amide bonds. The maximum Gasteiger partial charge on any atom is 0.155 e. The summed E-state index contributed by atoms with van der Waals surface area (Å²) in [6.45, 7) is 6.52. The maximum absolute atomic E-state index is 11.1. The minimum absolute atomic E-state index is 0.398. The highest BCUT2D eigenvalue weighted by atomic mass is 28.3. The van der Waals surface area contributed by atoms with Gasteiger partial charge in [0.2, 0.25) is 0 Å². The van der Waals surface area contributed by atoms with Crippen LogP contribution in [0.3, 0.4) is 0 Å². The Morgan fingerprint density at radius 2 is 1.71 bits per heavy atom. The average molecular weight is 295 g/mol. The van der Waals surface area contributed by atoms with Gasteiger partial charge in [-0.3, -0.25) is 4.98 Å². The Morgan fingerprint density at radius 3 is 2.29 bits per heavy atom. The van der Waals surface area contributed by atoms with E-state index in [2.05, 4.69) is 36.1 Å². The van der Waals surface area contributed by atoms with E-state index in [1.165, 1.54) is 0 Å². The van der Waals surface area contributed by atoms with Crippen LogP contribution >= 0.6 is 0 Å². The van der Waals surface area contributed by atoms with Crippen LogP contribution in [0, 0.1) is 11.5 Å². The summed E-state index contributed by atoms with van der Waals surface area (Å²) in [5, 5.41) is 11.1. The Hall–Kier alpha value is -1.89. The van der Waals surface area contributed by atoms with E-state index >= 15 is 0 Å². The first-order valence-electron chi connectivity index (χ1n) is 7.11. The van der Waals surface area contributed by atoms with Crippen molar-refractivity contribution in [3.63, 3.8) is 0 Å². The van der Waals surface area contributed by atoms with Crippen LogP contribution in [0.15, 0.2) is 54.7 Å². The standard InChI is InChI=1S/C18H21NOSi/c1-21(2,3)14-12-18(20,16-9-5-4-6-10-16)15-17-11-7-8-13-19-17/h4-11,13,20H,15H2,1-3H3/t18-/m1/s1. The van der Waals surface area contributed by atoms with Crippen molar-refractivity contribution in [2.45, 2.75) is 31.7 Å². The van der Waals surface area contributed by atoms with Crippen molar-refractivity contribution in [2.75, 3.05) is 0 Å². The zero-order valence-corrected chi connectivity index (χ0v) is 13.8. The van der Waals surface area contributed by atoms with Gasteiger partial charge in [0, 0.05) is 18.3 Å². The zero-order chi connectivity index (χ0) is 15.3. The van der Waals surface area contributed by atoms with Crippen LogP contribution in [-0.2, 0) is 12.0 Å². The fraction of sp³-hybridized carbons (Fsp3) is 0.278. The van der Waals surface area contributed by atoms with E-state index in [0.717, 1.165) is 11.3 Å². The summed E-state index contributed by atoms with van der Waals surface area (Å²) >= 11 is 0. The first-order valence-corrected chi connectivity index (χ1v) is 10.6. The third-order valence-corrected chi connectivity index (χ3v) is 3.93. The smallest absolute Gasteiger partial charge is 0.155 e. The van der Waals surface area contributed by atoms with Crippen LogP contribution in [-0.4, -0.2) is 18.2 Å². The molecule has 1 atom stereocenters. The maximum atomic E-state index is 11.1. The Bertz CT molecular complexity index is 638. The highest BCUT2D eigenvalue weighted by molar-refractivity contribution is 6.83. The van der Waals surface area contributed by atoms with E-state index in [1.54, 1.807) is 6.20 Å². The number of aromatic nitrogens is 1. The second-order valence-electron chi connectivity index (χ2n) is 6.22. The predicted octanol–water partition coefficient (Wildman–Crippen LogP) is 3.39. The summed E-state index contributed by atoms with van der Waals surface area (Å²) in [5.74, 6) is 3.13. The molecule has 108 valence electrons. The molecule has 0 fully saturated rings. The summed E-state index contributed by atoms with van der Waals surface area (Å²) in [4.78, 5) is 4.32. The van der Waals surface area contributed by atoms with Gasteiger partial charge in [-0.05, 0) is 17.7 Å². The van der Waals surface area contributed by atoms with Crippen molar-refractivity contribution in [3.8, 4) is 11.5 Å². The molecule has 0 bridgehead atoms. The summed E-state index contributed by atoms with van der Waals surface area (Å²) in [6.07, 6.45) is 2.14. The molecular weight excluding hydrogens is 274 g/mol. The van der Waals surface area contributed by atoms with Gasteiger partial charge in [-0.15, -0.1) is 5.54 Å². The van der Waals surface area contributed by atoms with Crippen LogP contribution < -0.4 is 0 Å². The topological polar surface area (TPSA) is 33.1 Å². The number of benzene rings is 1. The molecule has 0 spiro atoms.